The highest BCUT2D eigenvalue weighted by atomic mass is 79.9. The van der Waals surface area contributed by atoms with E-state index in [9.17, 15) is 18.0 Å². The first-order valence-electron chi connectivity index (χ1n) is 5.88. The largest absolute Gasteiger partial charge is 0.496 e. The first-order chi connectivity index (χ1) is 9.82. The van der Waals surface area contributed by atoms with Crippen LogP contribution < -0.4 is 4.74 Å². The van der Waals surface area contributed by atoms with Gasteiger partial charge in [0.1, 0.15) is 5.75 Å². The van der Waals surface area contributed by atoms with Gasteiger partial charge in [-0.1, -0.05) is 28.1 Å². The van der Waals surface area contributed by atoms with E-state index in [0.717, 1.165) is 12.1 Å². The summed E-state index contributed by atoms with van der Waals surface area (Å²) in [6.07, 6.45) is -4.49. The molecule has 0 bridgehead atoms. The number of halogens is 4. The standard InChI is InChI=1S/C15H10BrF3O2/c1-21-13-8-11(16)5-6-12(13)14(20)9-3-2-4-10(7-9)15(17,18)19/h2-8H,1H3. The van der Waals surface area contributed by atoms with Gasteiger partial charge in [0, 0.05) is 10.0 Å². The third-order valence-electron chi connectivity index (χ3n) is 2.86. The number of rotatable bonds is 3. The maximum Gasteiger partial charge on any atom is 0.416 e. The Labute approximate surface area is 127 Å². The second-order valence-electron chi connectivity index (χ2n) is 4.25. The third-order valence-corrected chi connectivity index (χ3v) is 3.35. The van der Waals surface area contributed by atoms with E-state index in [1.54, 1.807) is 12.1 Å². The van der Waals surface area contributed by atoms with Crippen LogP contribution in [0.2, 0.25) is 0 Å². The Balaban J connectivity index is 2.46. The van der Waals surface area contributed by atoms with Crippen molar-refractivity contribution in [2.24, 2.45) is 0 Å². The molecule has 0 fully saturated rings. The Morgan fingerprint density at radius 1 is 1.14 bits per heavy atom. The minimum Gasteiger partial charge on any atom is -0.496 e. The molecule has 0 heterocycles. The van der Waals surface area contributed by atoms with Crippen LogP contribution in [-0.2, 0) is 6.18 Å². The van der Waals surface area contributed by atoms with Crippen molar-refractivity contribution < 1.29 is 22.7 Å². The van der Waals surface area contributed by atoms with Crippen molar-refractivity contribution in [3.05, 3.63) is 63.6 Å². The summed E-state index contributed by atoms with van der Waals surface area (Å²) in [5.74, 6) is -0.225. The molecule has 0 radical (unpaired) electrons. The summed E-state index contributed by atoms with van der Waals surface area (Å²) in [6, 6.07) is 9.04. The predicted molar refractivity (Wildman–Crippen MR) is 75.6 cm³/mol. The summed E-state index contributed by atoms with van der Waals surface area (Å²) < 4.78 is 43.9. The van der Waals surface area contributed by atoms with E-state index in [1.807, 2.05) is 0 Å². The monoisotopic (exact) mass is 358 g/mol. The normalized spacial score (nSPS) is 11.3. The molecule has 0 saturated carbocycles. The van der Waals surface area contributed by atoms with Gasteiger partial charge in [-0.05, 0) is 30.3 Å². The first kappa shape index (κ1) is 15.6. The lowest BCUT2D eigenvalue weighted by atomic mass is 10.0. The van der Waals surface area contributed by atoms with E-state index in [4.69, 9.17) is 4.74 Å². The van der Waals surface area contributed by atoms with E-state index in [-0.39, 0.29) is 11.1 Å². The van der Waals surface area contributed by atoms with Gasteiger partial charge in [-0.3, -0.25) is 4.79 Å². The van der Waals surface area contributed by atoms with Crippen molar-refractivity contribution in [3.63, 3.8) is 0 Å². The minimum absolute atomic E-state index is 0.0366. The molecule has 2 aromatic carbocycles. The summed E-state index contributed by atoms with van der Waals surface area (Å²) in [4.78, 5) is 12.4. The molecular formula is C15H10BrF3O2. The molecule has 110 valence electrons. The Hall–Kier alpha value is -1.82. The van der Waals surface area contributed by atoms with Crippen LogP contribution >= 0.6 is 15.9 Å². The Bertz CT molecular complexity index is 681. The highest BCUT2D eigenvalue weighted by molar-refractivity contribution is 9.10. The molecule has 2 nitrogen and oxygen atoms in total. The number of carbonyl (C=O) groups is 1. The smallest absolute Gasteiger partial charge is 0.416 e. The van der Waals surface area contributed by atoms with Crippen LogP contribution in [0.3, 0.4) is 0 Å². The van der Waals surface area contributed by atoms with E-state index in [2.05, 4.69) is 15.9 Å². The molecule has 0 aliphatic rings. The zero-order valence-corrected chi connectivity index (χ0v) is 12.5. The maximum atomic E-state index is 12.7. The number of ether oxygens (including phenoxy) is 1. The summed E-state index contributed by atoms with van der Waals surface area (Å²) in [6.45, 7) is 0. The molecule has 0 aliphatic carbocycles. The Kier molecular flexibility index (Phi) is 4.37. The summed E-state index contributed by atoms with van der Waals surface area (Å²) in [7, 11) is 1.39. The number of alkyl halides is 3. The Morgan fingerprint density at radius 3 is 2.48 bits per heavy atom. The third kappa shape index (κ3) is 3.44. The second-order valence-corrected chi connectivity index (χ2v) is 5.17. The SMILES string of the molecule is COc1cc(Br)ccc1C(=O)c1cccc(C(F)(F)F)c1. The van der Waals surface area contributed by atoms with Crippen molar-refractivity contribution in [2.45, 2.75) is 6.18 Å². The molecule has 21 heavy (non-hydrogen) atoms. The van der Waals surface area contributed by atoms with E-state index >= 15 is 0 Å². The topological polar surface area (TPSA) is 26.3 Å². The van der Waals surface area contributed by atoms with Crippen LogP contribution in [0.25, 0.3) is 0 Å². The lowest BCUT2D eigenvalue weighted by Crippen LogP contribution is -2.09. The molecule has 6 heteroatoms. The zero-order chi connectivity index (χ0) is 15.6. The molecule has 2 rings (SSSR count). The number of hydrogen-bond acceptors (Lipinski definition) is 2. The number of benzene rings is 2. The van der Waals surface area contributed by atoms with E-state index in [0.29, 0.717) is 10.2 Å². The van der Waals surface area contributed by atoms with Crippen LogP contribution in [-0.4, -0.2) is 12.9 Å². The van der Waals surface area contributed by atoms with Crippen LogP contribution in [0.4, 0.5) is 13.2 Å². The average Bonchev–Trinajstić information content (AvgIpc) is 2.45. The van der Waals surface area contributed by atoms with Gasteiger partial charge < -0.3 is 4.74 Å². The molecule has 0 aromatic heterocycles. The maximum absolute atomic E-state index is 12.7. The molecule has 0 unspecified atom stereocenters. The van der Waals surface area contributed by atoms with Gasteiger partial charge in [0.15, 0.2) is 5.78 Å². The summed E-state index contributed by atoms with van der Waals surface area (Å²) in [5.41, 5.74) is -0.685. The molecule has 0 atom stereocenters. The number of carbonyl (C=O) groups excluding carboxylic acids is 1. The fraction of sp³-hybridized carbons (Fsp3) is 0.133. The van der Waals surface area contributed by atoms with Gasteiger partial charge in [-0.15, -0.1) is 0 Å². The summed E-state index contributed by atoms with van der Waals surface area (Å²) >= 11 is 3.24. The molecule has 0 N–H and O–H groups in total. The highest BCUT2D eigenvalue weighted by Crippen LogP contribution is 2.31. The minimum atomic E-state index is -4.49. The molecular weight excluding hydrogens is 349 g/mol. The fourth-order valence-electron chi connectivity index (χ4n) is 1.84. The van der Waals surface area contributed by atoms with Crippen LogP contribution in [0.5, 0.6) is 5.75 Å². The predicted octanol–water partition coefficient (Wildman–Crippen LogP) is 4.71. The number of hydrogen-bond donors (Lipinski definition) is 0. The van der Waals surface area contributed by atoms with Crippen molar-refractivity contribution in [1.82, 2.24) is 0 Å². The average molecular weight is 359 g/mol. The van der Waals surface area contributed by atoms with Gasteiger partial charge in [0.05, 0.1) is 18.2 Å². The number of ketones is 1. The lowest BCUT2D eigenvalue weighted by molar-refractivity contribution is -0.137. The number of methoxy groups -OCH3 is 1. The fourth-order valence-corrected chi connectivity index (χ4v) is 2.18. The highest BCUT2D eigenvalue weighted by Gasteiger charge is 2.31. The zero-order valence-electron chi connectivity index (χ0n) is 10.9. The van der Waals surface area contributed by atoms with Crippen molar-refractivity contribution in [1.29, 1.82) is 0 Å². The molecule has 0 spiro atoms. The van der Waals surface area contributed by atoms with Crippen molar-refractivity contribution in [3.8, 4) is 5.75 Å². The van der Waals surface area contributed by atoms with Crippen molar-refractivity contribution in [2.75, 3.05) is 7.11 Å². The molecule has 0 aliphatic heterocycles. The van der Waals surface area contributed by atoms with Gasteiger partial charge in [-0.2, -0.15) is 13.2 Å². The quantitative estimate of drug-likeness (QED) is 0.743. The van der Waals surface area contributed by atoms with E-state index in [1.165, 1.54) is 25.3 Å². The van der Waals surface area contributed by atoms with E-state index < -0.39 is 17.5 Å². The molecule has 0 amide bonds. The van der Waals surface area contributed by atoms with Crippen LogP contribution in [0.15, 0.2) is 46.9 Å². The lowest BCUT2D eigenvalue weighted by Gasteiger charge is -2.10. The Morgan fingerprint density at radius 2 is 1.86 bits per heavy atom. The van der Waals surface area contributed by atoms with Gasteiger partial charge >= 0.3 is 6.18 Å². The second kappa shape index (κ2) is 5.89. The van der Waals surface area contributed by atoms with Crippen LogP contribution in [0, 0.1) is 0 Å². The van der Waals surface area contributed by atoms with Gasteiger partial charge in [0.25, 0.3) is 0 Å². The summed E-state index contributed by atoms with van der Waals surface area (Å²) in [5, 5.41) is 0. The van der Waals surface area contributed by atoms with Crippen molar-refractivity contribution >= 4 is 21.7 Å². The van der Waals surface area contributed by atoms with Gasteiger partial charge in [0.2, 0.25) is 0 Å². The molecule has 0 saturated heterocycles. The van der Waals surface area contributed by atoms with Gasteiger partial charge in [-0.25, -0.2) is 0 Å². The first-order valence-corrected chi connectivity index (χ1v) is 6.67. The molecule has 2 aromatic rings. The van der Waals surface area contributed by atoms with Crippen LogP contribution in [0.1, 0.15) is 21.5 Å².